The van der Waals surface area contributed by atoms with Gasteiger partial charge < -0.3 is 10.2 Å². The second kappa shape index (κ2) is 8.66. The van der Waals surface area contributed by atoms with Crippen molar-refractivity contribution < 1.29 is 9.18 Å². The summed E-state index contributed by atoms with van der Waals surface area (Å²) in [4.78, 5) is 20.5. The van der Waals surface area contributed by atoms with Crippen molar-refractivity contribution in [3.63, 3.8) is 0 Å². The number of hydrogen-bond donors (Lipinski definition) is 1. The molecule has 1 aromatic carbocycles. The van der Waals surface area contributed by atoms with Gasteiger partial charge in [-0.05, 0) is 12.1 Å². The van der Waals surface area contributed by atoms with Gasteiger partial charge in [0.15, 0.2) is 0 Å². The number of rotatable bonds is 5. The third-order valence-electron chi connectivity index (χ3n) is 4.26. The minimum absolute atomic E-state index is 0.121. The molecule has 2 aromatic rings. The molecule has 1 aliphatic rings. The van der Waals surface area contributed by atoms with Crippen LogP contribution in [-0.4, -0.2) is 48.5 Å². The Balaban J connectivity index is 1.46. The number of hydrogen-bond acceptors (Lipinski definition) is 4. The van der Waals surface area contributed by atoms with Crippen molar-refractivity contribution in [2.24, 2.45) is 0 Å². The molecule has 1 amide bonds. The maximum atomic E-state index is 13.6. The molecule has 0 saturated carbocycles. The highest BCUT2D eigenvalue weighted by Crippen LogP contribution is 2.26. The first kappa shape index (κ1) is 18.9. The zero-order chi connectivity index (χ0) is 18.5. The Bertz CT molecular complexity index is 782. The molecule has 0 radical (unpaired) electrons. The van der Waals surface area contributed by atoms with E-state index < -0.39 is 0 Å². The molecule has 5 nitrogen and oxygen atoms in total. The lowest BCUT2D eigenvalue weighted by Gasteiger charge is -2.35. The number of amides is 1. The summed E-state index contributed by atoms with van der Waals surface area (Å²) >= 11 is 12.1. The zero-order valence-corrected chi connectivity index (χ0v) is 15.6. The Kier molecular flexibility index (Phi) is 6.29. The molecule has 0 aliphatic carbocycles. The standard InChI is InChI=1S/C18H19Cl2FN4O/c19-14-9-15(20)18(23-11-14)25-7-5-24(6-8-25)12-17(26)22-10-13-3-1-2-4-16(13)21/h1-4,9,11H,5-8,10,12H2,(H,22,26). The molecule has 0 bridgehead atoms. The summed E-state index contributed by atoms with van der Waals surface area (Å²) in [5.74, 6) is 0.276. The summed E-state index contributed by atoms with van der Waals surface area (Å²) in [7, 11) is 0. The second-order valence-corrected chi connectivity index (χ2v) is 6.93. The van der Waals surface area contributed by atoms with Gasteiger partial charge in [0.2, 0.25) is 5.91 Å². The zero-order valence-electron chi connectivity index (χ0n) is 14.1. The van der Waals surface area contributed by atoms with Gasteiger partial charge in [0, 0.05) is 44.5 Å². The first-order valence-corrected chi connectivity index (χ1v) is 9.07. The third-order valence-corrected chi connectivity index (χ3v) is 4.75. The molecule has 0 atom stereocenters. The van der Waals surface area contributed by atoms with Gasteiger partial charge in [0.1, 0.15) is 11.6 Å². The Labute approximate surface area is 161 Å². The average Bonchev–Trinajstić information content (AvgIpc) is 2.62. The second-order valence-electron chi connectivity index (χ2n) is 6.09. The third kappa shape index (κ3) is 4.84. The molecule has 1 saturated heterocycles. The molecule has 1 fully saturated rings. The van der Waals surface area contributed by atoms with Gasteiger partial charge in [-0.2, -0.15) is 0 Å². The van der Waals surface area contributed by atoms with Crippen LogP contribution in [0.25, 0.3) is 0 Å². The lowest BCUT2D eigenvalue weighted by atomic mass is 10.2. The van der Waals surface area contributed by atoms with Crippen molar-refractivity contribution in [1.29, 1.82) is 0 Å². The van der Waals surface area contributed by atoms with E-state index in [-0.39, 0.29) is 24.8 Å². The van der Waals surface area contributed by atoms with Crippen molar-refractivity contribution in [3.8, 4) is 0 Å². The number of pyridine rings is 1. The van der Waals surface area contributed by atoms with Crippen LogP contribution in [0.15, 0.2) is 36.5 Å². The van der Waals surface area contributed by atoms with Crippen LogP contribution in [0.1, 0.15) is 5.56 Å². The van der Waals surface area contributed by atoms with E-state index in [0.717, 1.165) is 13.1 Å². The fraction of sp³-hybridized carbons (Fsp3) is 0.333. The van der Waals surface area contributed by atoms with E-state index >= 15 is 0 Å². The number of halogens is 3. The SMILES string of the molecule is O=C(CN1CCN(c2ncc(Cl)cc2Cl)CC1)NCc1ccccc1F. The van der Waals surface area contributed by atoms with Crippen molar-refractivity contribution in [3.05, 3.63) is 58.0 Å². The van der Waals surface area contributed by atoms with Crippen molar-refractivity contribution >= 4 is 34.9 Å². The highest BCUT2D eigenvalue weighted by atomic mass is 35.5. The van der Waals surface area contributed by atoms with Crippen molar-refractivity contribution in [2.45, 2.75) is 6.54 Å². The molecule has 2 heterocycles. The predicted octanol–water partition coefficient (Wildman–Crippen LogP) is 2.97. The Hall–Kier alpha value is -1.89. The number of nitrogens with zero attached hydrogens (tertiary/aromatic N) is 3. The molecule has 1 aromatic heterocycles. The van der Waals surface area contributed by atoms with Gasteiger partial charge in [-0.15, -0.1) is 0 Å². The number of benzene rings is 1. The molecule has 3 rings (SSSR count). The smallest absolute Gasteiger partial charge is 0.234 e. The summed E-state index contributed by atoms with van der Waals surface area (Å²) in [5, 5.41) is 3.79. The molecule has 26 heavy (non-hydrogen) atoms. The number of carbonyl (C=O) groups is 1. The van der Waals surface area contributed by atoms with Gasteiger partial charge in [-0.1, -0.05) is 41.4 Å². The molecule has 8 heteroatoms. The molecular formula is C18H19Cl2FN4O. The van der Waals surface area contributed by atoms with E-state index in [1.54, 1.807) is 30.5 Å². The van der Waals surface area contributed by atoms with E-state index in [1.807, 2.05) is 0 Å². The Morgan fingerprint density at radius 2 is 1.92 bits per heavy atom. The highest BCUT2D eigenvalue weighted by Gasteiger charge is 2.21. The van der Waals surface area contributed by atoms with Crippen LogP contribution in [0.3, 0.4) is 0 Å². The van der Waals surface area contributed by atoms with Crippen LogP contribution in [0.2, 0.25) is 10.0 Å². The maximum absolute atomic E-state index is 13.6. The fourth-order valence-corrected chi connectivity index (χ4v) is 3.35. The monoisotopic (exact) mass is 396 g/mol. The molecule has 138 valence electrons. The van der Waals surface area contributed by atoms with Crippen LogP contribution in [0.4, 0.5) is 10.2 Å². The van der Waals surface area contributed by atoms with E-state index in [2.05, 4.69) is 20.1 Å². The van der Waals surface area contributed by atoms with Crippen LogP contribution in [0, 0.1) is 5.82 Å². The van der Waals surface area contributed by atoms with E-state index in [4.69, 9.17) is 23.2 Å². The number of carbonyl (C=O) groups excluding carboxylic acids is 1. The van der Waals surface area contributed by atoms with E-state index in [1.165, 1.54) is 6.07 Å². The average molecular weight is 397 g/mol. The molecule has 0 unspecified atom stereocenters. The molecule has 0 spiro atoms. The van der Waals surface area contributed by atoms with Gasteiger partial charge in [-0.3, -0.25) is 9.69 Å². The van der Waals surface area contributed by atoms with E-state index in [0.29, 0.717) is 34.5 Å². The van der Waals surface area contributed by atoms with Gasteiger partial charge >= 0.3 is 0 Å². The Morgan fingerprint density at radius 1 is 1.19 bits per heavy atom. The molecule has 1 aliphatic heterocycles. The summed E-state index contributed by atoms with van der Waals surface area (Å²) in [6, 6.07) is 8.10. The number of nitrogens with one attached hydrogen (secondary N) is 1. The minimum atomic E-state index is -0.311. The lowest BCUT2D eigenvalue weighted by molar-refractivity contribution is -0.122. The number of piperazine rings is 1. The number of aromatic nitrogens is 1. The largest absolute Gasteiger partial charge is 0.353 e. The first-order chi connectivity index (χ1) is 12.5. The van der Waals surface area contributed by atoms with Crippen molar-refractivity contribution in [1.82, 2.24) is 15.2 Å². The normalized spacial score (nSPS) is 15.1. The van der Waals surface area contributed by atoms with E-state index in [9.17, 15) is 9.18 Å². The van der Waals surface area contributed by atoms with Crippen LogP contribution < -0.4 is 10.2 Å². The van der Waals surface area contributed by atoms with Gasteiger partial charge in [-0.25, -0.2) is 9.37 Å². The van der Waals surface area contributed by atoms with Gasteiger partial charge in [0.25, 0.3) is 0 Å². The van der Waals surface area contributed by atoms with Gasteiger partial charge in [0.05, 0.1) is 16.6 Å². The van der Waals surface area contributed by atoms with Crippen molar-refractivity contribution in [2.75, 3.05) is 37.6 Å². The molecule has 1 N–H and O–H groups in total. The van der Waals surface area contributed by atoms with Crippen LogP contribution >= 0.6 is 23.2 Å². The van der Waals surface area contributed by atoms with Crippen LogP contribution in [-0.2, 0) is 11.3 Å². The quantitative estimate of drug-likeness (QED) is 0.843. The highest BCUT2D eigenvalue weighted by molar-refractivity contribution is 6.36. The fourth-order valence-electron chi connectivity index (χ4n) is 2.85. The lowest BCUT2D eigenvalue weighted by Crippen LogP contribution is -2.49. The summed E-state index contributed by atoms with van der Waals surface area (Å²) in [6.45, 7) is 3.34. The molecular weight excluding hydrogens is 378 g/mol. The minimum Gasteiger partial charge on any atom is -0.353 e. The summed E-state index contributed by atoms with van der Waals surface area (Å²) < 4.78 is 13.6. The first-order valence-electron chi connectivity index (χ1n) is 8.31. The van der Waals surface area contributed by atoms with Crippen LogP contribution in [0.5, 0.6) is 0 Å². The summed E-state index contributed by atoms with van der Waals surface area (Å²) in [6.07, 6.45) is 1.57. The topological polar surface area (TPSA) is 48.5 Å². The predicted molar refractivity (Wildman–Crippen MR) is 101 cm³/mol. The summed E-state index contributed by atoms with van der Waals surface area (Å²) in [5.41, 5.74) is 0.481. The number of anilines is 1. The Morgan fingerprint density at radius 3 is 2.62 bits per heavy atom. The maximum Gasteiger partial charge on any atom is 0.234 e.